The monoisotopic (exact) mass is 295 g/mol. The minimum Gasteiger partial charge on any atom is -0.352 e. The predicted octanol–water partition coefficient (Wildman–Crippen LogP) is 2.14. The first-order valence-electron chi connectivity index (χ1n) is 8.88. The van der Waals surface area contributed by atoms with Crippen molar-refractivity contribution >= 4 is 5.91 Å². The molecule has 122 valence electrons. The molecule has 1 heterocycles. The summed E-state index contributed by atoms with van der Waals surface area (Å²) in [4.78, 5) is 14.6. The maximum atomic E-state index is 12.3. The van der Waals surface area contributed by atoms with Gasteiger partial charge in [-0.3, -0.25) is 9.69 Å². The van der Waals surface area contributed by atoms with Gasteiger partial charge in [0.1, 0.15) is 0 Å². The summed E-state index contributed by atoms with van der Waals surface area (Å²) < 4.78 is 0. The van der Waals surface area contributed by atoms with Crippen molar-refractivity contribution in [2.24, 2.45) is 5.92 Å². The van der Waals surface area contributed by atoms with Crippen LogP contribution in [0.1, 0.15) is 59.3 Å². The number of hydrogen-bond acceptors (Lipinski definition) is 3. The van der Waals surface area contributed by atoms with Gasteiger partial charge in [0, 0.05) is 25.2 Å². The second-order valence-corrected chi connectivity index (χ2v) is 7.04. The van der Waals surface area contributed by atoms with Gasteiger partial charge in [-0.05, 0) is 58.4 Å². The van der Waals surface area contributed by atoms with Gasteiger partial charge in [0.15, 0.2) is 0 Å². The summed E-state index contributed by atoms with van der Waals surface area (Å²) in [6.07, 6.45) is 7.36. The van der Waals surface area contributed by atoms with Gasteiger partial charge < -0.3 is 10.6 Å². The second kappa shape index (κ2) is 8.14. The summed E-state index contributed by atoms with van der Waals surface area (Å²) in [5.41, 5.74) is 0. The summed E-state index contributed by atoms with van der Waals surface area (Å²) in [5.74, 6) is 1.15. The Hall–Kier alpha value is -0.610. The molecule has 0 spiro atoms. The molecule has 2 aliphatic rings. The molecule has 0 bridgehead atoms. The molecule has 0 aromatic carbocycles. The highest BCUT2D eigenvalue weighted by Gasteiger charge is 2.28. The molecule has 1 aliphatic heterocycles. The fraction of sp³-hybridized carbons (Fsp3) is 0.941. The van der Waals surface area contributed by atoms with Gasteiger partial charge in [0.05, 0.1) is 6.04 Å². The number of hydrogen-bond donors (Lipinski definition) is 2. The molecule has 1 saturated heterocycles. The third-order valence-corrected chi connectivity index (χ3v) is 4.96. The maximum absolute atomic E-state index is 12.3. The minimum atomic E-state index is 0.00804. The molecule has 0 aromatic heterocycles. The number of nitrogens with zero attached hydrogens (tertiary/aromatic N) is 1. The highest BCUT2D eigenvalue weighted by Crippen LogP contribution is 2.28. The first-order chi connectivity index (χ1) is 10.1. The van der Waals surface area contributed by atoms with Crippen molar-refractivity contribution in [2.45, 2.75) is 77.4 Å². The highest BCUT2D eigenvalue weighted by molar-refractivity contribution is 5.81. The third kappa shape index (κ3) is 5.59. The maximum Gasteiger partial charge on any atom is 0.237 e. The van der Waals surface area contributed by atoms with E-state index in [1.807, 2.05) is 6.92 Å². The molecule has 21 heavy (non-hydrogen) atoms. The first-order valence-corrected chi connectivity index (χ1v) is 8.88. The summed E-state index contributed by atoms with van der Waals surface area (Å²) in [6.45, 7) is 9.59. The van der Waals surface area contributed by atoms with Gasteiger partial charge in [0.25, 0.3) is 0 Å². The van der Waals surface area contributed by atoms with Crippen molar-refractivity contribution in [3.63, 3.8) is 0 Å². The molecule has 4 heteroatoms. The number of rotatable bonds is 8. The largest absolute Gasteiger partial charge is 0.352 e. The Morgan fingerprint density at radius 2 is 1.86 bits per heavy atom. The molecule has 2 rings (SSSR count). The van der Waals surface area contributed by atoms with Crippen LogP contribution < -0.4 is 10.6 Å². The van der Waals surface area contributed by atoms with Crippen molar-refractivity contribution in [3.05, 3.63) is 0 Å². The number of nitrogens with one attached hydrogen (secondary N) is 2. The topological polar surface area (TPSA) is 44.4 Å². The summed E-state index contributed by atoms with van der Waals surface area (Å²) in [6, 6.07) is 0.965. The van der Waals surface area contributed by atoms with Crippen molar-refractivity contribution in [1.82, 2.24) is 15.5 Å². The average molecular weight is 295 g/mol. The Kier molecular flexibility index (Phi) is 6.49. The Balaban J connectivity index is 1.66. The second-order valence-electron chi connectivity index (χ2n) is 7.04. The zero-order chi connectivity index (χ0) is 15.2. The van der Waals surface area contributed by atoms with E-state index in [1.165, 1.54) is 32.2 Å². The molecule has 1 aliphatic carbocycles. The van der Waals surface area contributed by atoms with E-state index in [0.717, 1.165) is 31.8 Å². The van der Waals surface area contributed by atoms with E-state index in [2.05, 4.69) is 29.4 Å². The van der Waals surface area contributed by atoms with E-state index in [0.29, 0.717) is 12.1 Å². The quantitative estimate of drug-likeness (QED) is 0.721. The van der Waals surface area contributed by atoms with E-state index >= 15 is 0 Å². The Bertz CT molecular complexity index is 322. The average Bonchev–Trinajstić information content (AvgIpc) is 3.29. The van der Waals surface area contributed by atoms with Crippen molar-refractivity contribution < 1.29 is 4.79 Å². The summed E-state index contributed by atoms with van der Waals surface area (Å²) in [5, 5.41) is 6.84. The van der Waals surface area contributed by atoms with Crippen LogP contribution in [-0.4, -0.2) is 48.6 Å². The molecule has 1 saturated carbocycles. The Morgan fingerprint density at radius 3 is 2.43 bits per heavy atom. The van der Waals surface area contributed by atoms with Crippen LogP contribution in [0.25, 0.3) is 0 Å². The van der Waals surface area contributed by atoms with E-state index in [4.69, 9.17) is 0 Å². The molecule has 0 radical (unpaired) electrons. The number of carbonyl (C=O) groups excluding carboxylic acids is 1. The molecule has 1 amide bonds. The van der Waals surface area contributed by atoms with E-state index in [-0.39, 0.29) is 11.9 Å². The molecular weight excluding hydrogens is 262 g/mol. The molecule has 4 nitrogen and oxygen atoms in total. The lowest BCUT2D eigenvalue weighted by Gasteiger charge is -2.36. The lowest BCUT2D eigenvalue weighted by molar-refractivity contribution is -0.127. The van der Waals surface area contributed by atoms with Crippen LogP contribution in [0.15, 0.2) is 0 Å². The SMILES string of the molecule is CCCC(C)NC(=O)C(C)N1CCC(NCC2CC2)CC1. The minimum absolute atomic E-state index is 0.00804. The Labute approximate surface area is 130 Å². The van der Waals surface area contributed by atoms with Crippen LogP contribution in [0.4, 0.5) is 0 Å². The van der Waals surface area contributed by atoms with Crippen LogP contribution in [0.5, 0.6) is 0 Å². The molecule has 2 fully saturated rings. The van der Waals surface area contributed by atoms with Crippen LogP contribution in [-0.2, 0) is 4.79 Å². The fourth-order valence-electron chi connectivity index (χ4n) is 3.18. The first kappa shape index (κ1) is 16.8. The van der Waals surface area contributed by atoms with Gasteiger partial charge in [0.2, 0.25) is 5.91 Å². The predicted molar refractivity (Wildman–Crippen MR) is 87.3 cm³/mol. The molecular formula is C17H33N3O. The number of carbonyl (C=O) groups is 1. The number of amides is 1. The van der Waals surface area contributed by atoms with Crippen molar-refractivity contribution in [3.8, 4) is 0 Å². The van der Waals surface area contributed by atoms with E-state index in [1.54, 1.807) is 0 Å². The molecule has 2 unspecified atom stereocenters. The van der Waals surface area contributed by atoms with Crippen molar-refractivity contribution in [1.29, 1.82) is 0 Å². The zero-order valence-corrected chi connectivity index (χ0v) is 14.0. The van der Waals surface area contributed by atoms with Gasteiger partial charge >= 0.3 is 0 Å². The van der Waals surface area contributed by atoms with Crippen LogP contribution in [0, 0.1) is 5.92 Å². The zero-order valence-electron chi connectivity index (χ0n) is 14.0. The van der Waals surface area contributed by atoms with Crippen molar-refractivity contribution in [2.75, 3.05) is 19.6 Å². The lowest BCUT2D eigenvalue weighted by atomic mass is 10.0. The van der Waals surface area contributed by atoms with Gasteiger partial charge in [-0.25, -0.2) is 0 Å². The fourth-order valence-corrected chi connectivity index (χ4v) is 3.18. The Morgan fingerprint density at radius 1 is 1.19 bits per heavy atom. The standard InChI is InChI=1S/C17H33N3O/c1-4-5-13(2)19-17(21)14(3)20-10-8-16(9-11-20)18-12-15-6-7-15/h13-16,18H,4-12H2,1-3H3,(H,19,21). The lowest BCUT2D eigenvalue weighted by Crippen LogP contribution is -2.52. The number of piperidine rings is 1. The molecule has 2 N–H and O–H groups in total. The van der Waals surface area contributed by atoms with Crippen LogP contribution in [0.3, 0.4) is 0 Å². The highest BCUT2D eigenvalue weighted by atomic mass is 16.2. The smallest absolute Gasteiger partial charge is 0.237 e. The van der Waals surface area contributed by atoms with Crippen LogP contribution in [0.2, 0.25) is 0 Å². The normalized spacial score (nSPS) is 23.8. The number of likely N-dealkylation sites (tertiary alicyclic amines) is 1. The van der Waals surface area contributed by atoms with E-state index in [9.17, 15) is 4.79 Å². The molecule has 0 aromatic rings. The van der Waals surface area contributed by atoms with Crippen LogP contribution >= 0.6 is 0 Å². The summed E-state index contributed by atoms with van der Waals surface area (Å²) >= 11 is 0. The van der Waals surface area contributed by atoms with Gasteiger partial charge in [-0.2, -0.15) is 0 Å². The van der Waals surface area contributed by atoms with Gasteiger partial charge in [-0.1, -0.05) is 13.3 Å². The third-order valence-electron chi connectivity index (χ3n) is 4.96. The van der Waals surface area contributed by atoms with Gasteiger partial charge in [-0.15, -0.1) is 0 Å². The summed E-state index contributed by atoms with van der Waals surface area (Å²) in [7, 11) is 0. The van der Waals surface area contributed by atoms with E-state index < -0.39 is 0 Å². The molecule has 2 atom stereocenters.